The number of hydrogen-bond acceptors (Lipinski definition) is 5. The Kier molecular flexibility index (Phi) is 7.29. The van der Waals surface area contributed by atoms with Gasteiger partial charge >= 0.3 is 0 Å². The molecule has 0 spiro atoms. The smallest absolute Gasteiger partial charge is 0.273 e. The maximum Gasteiger partial charge on any atom is 0.273 e. The number of carbonyl (C=O) groups is 1. The fourth-order valence-corrected chi connectivity index (χ4v) is 4.27. The number of nitrogens with zero attached hydrogens (tertiary/aromatic N) is 2. The number of fused-ring (bicyclic) bond motifs is 1. The summed E-state index contributed by atoms with van der Waals surface area (Å²) in [7, 11) is 3.31. The average molecular weight is 450 g/mol. The minimum absolute atomic E-state index is 0.0528. The molecule has 0 fully saturated rings. The minimum Gasteiger partial charge on any atom is -0.493 e. The molecule has 1 aromatic heterocycles. The van der Waals surface area contributed by atoms with Crippen molar-refractivity contribution in [1.82, 2.24) is 15.1 Å². The fraction of sp³-hybridized carbons (Fsp3) is 0.385. The molecule has 0 radical (unpaired) electrons. The van der Waals surface area contributed by atoms with Gasteiger partial charge in [0.25, 0.3) is 5.91 Å². The number of carbonyl (C=O) groups excluding carboxylic acids is 1. The van der Waals surface area contributed by atoms with Crippen molar-refractivity contribution < 1.29 is 19.0 Å². The molecular weight excluding hydrogens is 418 g/mol. The van der Waals surface area contributed by atoms with E-state index in [4.69, 9.17) is 14.2 Å². The van der Waals surface area contributed by atoms with Crippen molar-refractivity contribution in [3.05, 3.63) is 65.4 Å². The highest BCUT2D eigenvalue weighted by atomic mass is 16.5. The zero-order valence-corrected chi connectivity index (χ0v) is 19.5. The van der Waals surface area contributed by atoms with Crippen LogP contribution in [-0.2, 0) is 4.74 Å². The van der Waals surface area contributed by atoms with Crippen molar-refractivity contribution in [3.8, 4) is 22.8 Å². The lowest BCUT2D eigenvalue weighted by molar-refractivity contribution is 0.0723. The molecule has 2 heterocycles. The third kappa shape index (κ3) is 4.59. The van der Waals surface area contributed by atoms with E-state index in [0.717, 1.165) is 41.6 Å². The number of amides is 1. The van der Waals surface area contributed by atoms with E-state index in [9.17, 15) is 4.79 Å². The quantitative estimate of drug-likeness (QED) is 0.424. The second-order valence-electron chi connectivity index (χ2n) is 8.09. The number of rotatable bonds is 11. The van der Waals surface area contributed by atoms with Crippen LogP contribution in [0.3, 0.4) is 0 Å². The number of hydrogen-bond donors (Lipinski definition) is 1. The highest BCUT2D eigenvalue weighted by molar-refractivity contribution is 6.00. The van der Waals surface area contributed by atoms with Crippen LogP contribution in [0.4, 0.5) is 0 Å². The summed E-state index contributed by atoms with van der Waals surface area (Å²) in [5, 5.41) is 7.52. The van der Waals surface area contributed by atoms with Crippen LogP contribution in [0.1, 0.15) is 53.8 Å². The van der Waals surface area contributed by atoms with Crippen molar-refractivity contribution in [2.75, 3.05) is 34.0 Å². The molecule has 174 valence electrons. The monoisotopic (exact) mass is 449 g/mol. The molecule has 0 saturated carbocycles. The summed E-state index contributed by atoms with van der Waals surface area (Å²) in [5.41, 5.74) is 4.15. The molecule has 1 aliphatic heterocycles. The number of methoxy groups -OCH3 is 2. The van der Waals surface area contributed by atoms with Crippen LogP contribution in [0.25, 0.3) is 11.3 Å². The van der Waals surface area contributed by atoms with Crippen LogP contribution in [0.15, 0.2) is 48.5 Å². The first-order chi connectivity index (χ1) is 16.2. The van der Waals surface area contributed by atoms with Crippen molar-refractivity contribution in [2.45, 2.75) is 32.2 Å². The molecule has 0 bridgehead atoms. The lowest BCUT2D eigenvalue weighted by Crippen LogP contribution is -2.31. The number of aromatic nitrogens is 2. The Morgan fingerprint density at radius 2 is 1.85 bits per heavy atom. The molecular formula is C26H31N3O4. The van der Waals surface area contributed by atoms with Gasteiger partial charge in [-0.05, 0) is 30.5 Å². The van der Waals surface area contributed by atoms with Crippen LogP contribution in [0.5, 0.6) is 11.5 Å². The highest BCUT2D eigenvalue weighted by Crippen LogP contribution is 2.44. The van der Waals surface area contributed by atoms with Gasteiger partial charge in [0.15, 0.2) is 11.5 Å². The Balaban J connectivity index is 1.76. The van der Waals surface area contributed by atoms with Gasteiger partial charge in [-0.25, -0.2) is 0 Å². The molecule has 33 heavy (non-hydrogen) atoms. The molecule has 7 heteroatoms. The molecule has 0 aliphatic carbocycles. The maximum atomic E-state index is 13.4. The summed E-state index contributed by atoms with van der Waals surface area (Å²) >= 11 is 0. The predicted molar refractivity (Wildman–Crippen MR) is 127 cm³/mol. The first-order valence-corrected chi connectivity index (χ1v) is 11.4. The second-order valence-corrected chi connectivity index (χ2v) is 8.09. The van der Waals surface area contributed by atoms with Gasteiger partial charge in [0.2, 0.25) is 0 Å². The maximum absolute atomic E-state index is 13.4. The normalized spacial score (nSPS) is 15.1. The van der Waals surface area contributed by atoms with Crippen LogP contribution in [0, 0.1) is 0 Å². The Labute approximate surface area is 194 Å². The number of aromatic amines is 1. The second kappa shape index (κ2) is 10.5. The molecule has 1 atom stereocenters. The Hall–Kier alpha value is -3.32. The lowest BCUT2D eigenvalue weighted by atomic mass is 9.95. The van der Waals surface area contributed by atoms with Gasteiger partial charge < -0.3 is 19.1 Å². The first-order valence-electron chi connectivity index (χ1n) is 11.4. The van der Waals surface area contributed by atoms with E-state index in [0.29, 0.717) is 37.0 Å². The Morgan fingerprint density at radius 1 is 1.03 bits per heavy atom. The summed E-state index contributed by atoms with van der Waals surface area (Å²) < 4.78 is 16.8. The van der Waals surface area contributed by atoms with E-state index < -0.39 is 0 Å². The fourth-order valence-electron chi connectivity index (χ4n) is 4.27. The average Bonchev–Trinajstić information content (AvgIpc) is 3.39. The van der Waals surface area contributed by atoms with E-state index in [2.05, 4.69) is 17.1 Å². The standard InChI is InChI=1S/C26H31N3O4/c1-4-5-16-33-20-13-12-19(17-21(20)32-3)25-22-23(18-10-7-6-8-11-18)27-28-24(22)26(30)29(25)14-9-15-31-2/h6-8,10-13,17,25H,4-5,9,14-16H2,1-3H3,(H,27,28). The SMILES string of the molecule is CCCCOc1ccc(C2c3c(-c4ccccc4)n[nH]c3C(=O)N2CCCOC)cc1OC. The van der Waals surface area contributed by atoms with E-state index in [1.165, 1.54) is 0 Å². The molecule has 1 unspecified atom stereocenters. The molecule has 4 rings (SSSR count). The van der Waals surface area contributed by atoms with Crippen molar-refractivity contribution in [3.63, 3.8) is 0 Å². The van der Waals surface area contributed by atoms with Gasteiger partial charge in [-0.1, -0.05) is 49.7 Å². The number of benzene rings is 2. The van der Waals surface area contributed by atoms with Gasteiger partial charge in [0.05, 0.1) is 25.5 Å². The predicted octanol–water partition coefficient (Wildman–Crippen LogP) is 4.85. The summed E-state index contributed by atoms with van der Waals surface area (Å²) in [6, 6.07) is 15.6. The zero-order chi connectivity index (χ0) is 23.2. The van der Waals surface area contributed by atoms with E-state index in [1.807, 2.05) is 53.4 Å². The molecule has 1 aliphatic rings. The van der Waals surface area contributed by atoms with Crippen molar-refractivity contribution >= 4 is 5.91 Å². The van der Waals surface area contributed by atoms with Crippen molar-refractivity contribution in [2.24, 2.45) is 0 Å². The third-order valence-electron chi connectivity index (χ3n) is 5.92. The minimum atomic E-state index is -0.281. The lowest BCUT2D eigenvalue weighted by Gasteiger charge is -2.27. The zero-order valence-electron chi connectivity index (χ0n) is 19.5. The molecule has 2 aromatic carbocycles. The summed E-state index contributed by atoms with van der Waals surface area (Å²) in [4.78, 5) is 15.3. The van der Waals surface area contributed by atoms with Crippen LogP contribution in [0.2, 0.25) is 0 Å². The molecule has 1 amide bonds. The first kappa shape index (κ1) is 22.9. The van der Waals surface area contributed by atoms with Crippen LogP contribution >= 0.6 is 0 Å². The van der Waals surface area contributed by atoms with Gasteiger partial charge in [-0.2, -0.15) is 5.10 Å². The Morgan fingerprint density at radius 3 is 2.58 bits per heavy atom. The van der Waals surface area contributed by atoms with Gasteiger partial charge in [-0.3, -0.25) is 9.89 Å². The molecule has 1 N–H and O–H groups in total. The summed E-state index contributed by atoms with van der Waals surface area (Å²) in [5.74, 6) is 1.31. The topological polar surface area (TPSA) is 76.7 Å². The largest absolute Gasteiger partial charge is 0.493 e. The van der Waals surface area contributed by atoms with Crippen molar-refractivity contribution in [1.29, 1.82) is 0 Å². The van der Waals surface area contributed by atoms with Crippen LogP contribution in [-0.4, -0.2) is 55.0 Å². The molecule has 0 saturated heterocycles. The number of nitrogens with one attached hydrogen (secondary N) is 1. The number of ether oxygens (including phenoxy) is 3. The molecule has 7 nitrogen and oxygen atoms in total. The van der Waals surface area contributed by atoms with Crippen LogP contribution < -0.4 is 9.47 Å². The highest BCUT2D eigenvalue weighted by Gasteiger charge is 2.42. The van der Waals surface area contributed by atoms with E-state index >= 15 is 0 Å². The van der Waals surface area contributed by atoms with Gasteiger partial charge in [0.1, 0.15) is 5.69 Å². The third-order valence-corrected chi connectivity index (χ3v) is 5.92. The summed E-state index contributed by atoms with van der Waals surface area (Å²) in [6.45, 7) is 3.93. The van der Waals surface area contributed by atoms with E-state index in [1.54, 1.807) is 14.2 Å². The Bertz CT molecular complexity index is 1080. The van der Waals surface area contributed by atoms with Gasteiger partial charge in [-0.15, -0.1) is 0 Å². The summed E-state index contributed by atoms with van der Waals surface area (Å²) in [6.07, 6.45) is 2.78. The number of unbranched alkanes of at least 4 members (excludes halogenated alkanes) is 1. The number of H-pyrrole nitrogens is 1. The van der Waals surface area contributed by atoms with Gasteiger partial charge in [0, 0.05) is 31.4 Å². The van der Waals surface area contributed by atoms with E-state index in [-0.39, 0.29) is 11.9 Å². The molecule has 3 aromatic rings.